The van der Waals surface area contributed by atoms with E-state index in [2.05, 4.69) is 28.3 Å². The Morgan fingerprint density at radius 2 is 2.24 bits per heavy atom. The molecule has 0 saturated carbocycles. The molecule has 2 aromatic heterocycles. The first kappa shape index (κ1) is 12.2. The van der Waals surface area contributed by atoms with E-state index in [1.165, 1.54) is 5.56 Å². The smallest absolute Gasteiger partial charge is 0.109 e. The lowest BCUT2D eigenvalue weighted by Crippen LogP contribution is -2.20. The van der Waals surface area contributed by atoms with Crippen molar-refractivity contribution in [2.45, 2.75) is 32.9 Å². The van der Waals surface area contributed by atoms with E-state index in [-0.39, 0.29) is 0 Å². The van der Waals surface area contributed by atoms with Crippen LogP contribution in [0.15, 0.2) is 29.9 Å². The van der Waals surface area contributed by atoms with Crippen molar-refractivity contribution in [3.8, 4) is 0 Å². The number of hydrogen-bond donors (Lipinski definition) is 1. The van der Waals surface area contributed by atoms with Gasteiger partial charge in [0, 0.05) is 30.0 Å². The van der Waals surface area contributed by atoms with E-state index in [1.54, 1.807) is 11.3 Å². The van der Waals surface area contributed by atoms with E-state index in [0.717, 1.165) is 23.7 Å². The largest absolute Gasteiger partial charge is 0.304 e. The molecule has 0 fully saturated rings. The van der Waals surface area contributed by atoms with Crippen LogP contribution in [-0.2, 0) is 6.54 Å². The SMILES string of the molecule is CCC(NCc1ccc(C)nc1)c1nccs1. The van der Waals surface area contributed by atoms with Gasteiger partial charge in [0.25, 0.3) is 0 Å². The molecule has 0 aliphatic carbocycles. The van der Waals surface area contributed by atoms with Gasteiger partial charge in [0.05, 0.1) is 6.04 Å². The summed E-state index contributed by atoms with van der Waals surface area (Å²) in [7, 11) is 0. The third kappa shape index (κ3) is 3.35. The van der Waals surface area contributed by atoms with Crippen LogP contribution >= 0.6 is 11.3 Å². The minimum atomic E-state index is 0.344. The molecule has 2 rings (SSSR count). The fourth-order valence-electron chi connectivity index (χ4n) is 1.66. The van der Waals surface area contributed by atoms with Gasteiger partial charge in [-0.25, -0.2) is 4.98 Å². The Labute approximate surface area is 106 Å². The number of pyridine rings is 1. The fourth-order valence-corrected chi connectivity index (χ4v) is 2.45. The van der Waals surface area contributed by atoms with Gasteiger partial charge in [0.15, 0.2) is 0 Å². The Morgan fingerprint density at radius 1 is 1.35 bits per heavy atom. The minimum Gasteiger partial charge on any atom is -0.304 e. The van der Waals surface area contributed by atoms with Crippen LogP contribution in [0, 0.1) is 6.92 Å². The van der Waals surface area contributed by atoms with E-state index < -0.39 is 0 Å². The summed E-state index contributed by atoms with van der Waals surface area (Å²) in [6.45, 7) is 5.01. The summed E-state index contributed by atoms with van der Waals surface area (Å²) in [5, 5.41) is 6.70. The van der Waals surface area contributed by atoms with Crippen molar-refractivity contribution < 1.29 is 0 Å². The second-order valence-electron chi connectivity index (χ2n) is 4.02. The van der Waals surface area contributed by atoms with Crippen molar-refractivity contribution >= 4 is 11.3 Å². The number of nitrogens with zero attached hydrogens (tertiary/aromatic N) is 2. The van der Waals surface area contributed by atoms with Crippen molar-refractivity contribution in [2.24, 2.45) is 0 Å². The number of hydrogen-bond acceptors (Lipinski definition) is 4. The highest BCUT2D eigenvalue weighted by Crippen LogP contribution is 2.19. The second kappa shape index (κ2) is 5.89. The molecule has 0 bridgehead atoms. The summed E-state index contributed by atoms with van der Waals surface area (Å²) in [5.74, 6) is 0. The van der Waals surface area contributed by atoms with Gasteiger partial charge in [0.2, 0.25) is 0 Å². The molecular weight excluding hydrogens is 230 g/mol. The molecule has 2 heterocycles. The summed E-state index contributed by atoms with van der Waals surface area (Å²) in [6.07, 6.45) is 4.83. The minimum absolute atomic E-state index is 0.344. The molecule has 1 N–H and O–H groups in total. The van der Waals surface area contributed by atoms with Crippen LogP contribution < -0.4 is 5.32 Å². The maximum Gasteiger partial charge on any atom is 0.109 e. The summed E-state index contributed by atoms with van der Waals surface area (Å²) in [6, 6.07) is 4.50. The molecule has 1 unspecified atom stereocenters. The first-order chi connectivity index (χ1) is 8.29. The third-order valence-electron chi connectivity index (χ3n) is 2.68. The zero-order valence-corrected chi connectivity index (χ0v) is 11.0. The van der Waals surface area contributed by atoms with Gasteiger partial charge in [-0.1, -0.05) is 13.0 Å². The highest BCUT2D eigenvalue weighted by molar-refractivity contribution is 7.09. The average Bonchev–Trinajstić information content (AvgIpc) is 2.86. The zero-order chi connectivity index (χ0) is 12.1. The predicted octanol–water partition coefficient (Wildman–Crippen LogP) is 3.09. The van der Waals surface area contributed by atoms with E-state index in [1.807, 2.05) is 30.8 Å². The van der Waals surface area contributed by atoms with Crippen molar-refractivity contribution in [3.05, 3.63) is 46.2 Å². The van der Waals surface area contributed by atoms with Crippen LogP contribution in [0.4, 0.5) is 0 Å². The lowest BCUT2D eigenvalue weighted by Gasteiger charge is -2.14. The van der Waals surface area contributed by atoms with Crippen LogP contribution in [-0.4, -0.2) is 9.97 Å². The molecule has 0 aromatic carbocycles. The third-order valence-corrected chi connectivity index (χ3v) is 3.57. The first-order valence-electron chi connectivity index (χ1n) is 5.84. The molecule has 1 atom stereocenters. The molecule has 90 valence electrons. The van der Waals surface area contributed by atoms with E-state index >= 15 is 0 Å². The highest BCUT2D eigenvalue weighted by atomic mass is 32.1. The fraction of sp³-hybridized carbons (Fsp3) is 0.385. The normalized spacial score (nSPS) is 12.6. The molecule has 0 aliphatic rings. The quantitative estimate of drug-likeness (QED) is 0.882. The van der Waals surface area contributed by atoms with Crippen molar-refractivity contribution in [3.63, 3.8) is 0 Å². The van der Waals surface area contributed by atoms with Crippen molar-refractivity contribution in [2.75, 3.05) is 0 Å². The van der Waals surface area contributed by atoms with E-state index in [0.29, 0.717) is 6.04 Å². The molecule has 0 amide bonds. The van der Waals surface area contributed by atoms with Gasteiger partial charge in [-0.2, -0.15) is 0 Å². The van der Waals surface area contributed by atoms with Crippen molar-refractivity contribution in [1.29, 1.82) is 0 Å². The Morgan fingerprint density at radius 3 is 2.82 bits per heavy atom. The first-order valence-corrected chi connectivity index (χ1v) is 6.72. The standard InChI is InChI=1S/C13H17N3S/c1-3-12(13-14-6-7-17-13)16-9-11-5-4-10(2)15-8-11/h4-8,12,16H,3,9H2,1-2H3. The Balaban J connectivity index is 1.94. The van der Waals surface area contributed by atoms with Crippen LogP contribution in [0.3, 0.4) is 0 Å². The molecule has 4 heteroatoms. The van der Waals surface area contributed by atoms with Gasteiger partial charge >= 0.3 is 0 Å². The van der Waals surface area contributed by atoms with Gasteiger partial charge in [-0.05, 0) is 25.0 Å². The Kier molecular flexibility index (Phi) is 4.23. The summed E-state index contributed by atoms with van der Waals surface area (Å²) < 4.78 is 0. The molecule has 17 heavy (non-hydrogen) atoms. The summed E-state index contributed by atoms with van der Waals surface area (Å²) in [4.78, 5) is 8.65. The monoisotopic (exact) mass is 247 g/mol. The molecular formula is C13H17N3S. The number of aryl methyl sites for hydroxylation is 1. The Bertz CT molecular complexity index is 436. The van der Waals surface area contributed by atoms with Gasteiger partial charge in [0.1, 0.15) is 5.01 Å². The highest BCUT2D eigenvalue weighted by Gasteiger charge is 2.10. The molecule has 0 saturated heterocycles. The number of aromatic nitrogens is 2. The molecule has 0 spiro atoms. The van der Waals surface area contributed by atoms with Gasteiger partial charge in [-0.15, -0.1) is 11.3 Å². The van der Waals surface area contributed by atoms with Crippen LogP contribution in [0.25, 0.3) is 0 Å². The average molecular weight is 247 g/mol. The zero-order valence-electron chi connectivity index (χ0n) is 10.2. The van der Waals surface area contributed by atoms with E-state index in [4.69, 9.17) is 0 Å². The second-order valence-corrected chi connectivity index (χ2v) is 4.95. The lowest BCUT2D eigenvalue weighted by atomic mass is 10.2. The number of rotatable bonds is 5. The lowest BCUT2D eigenvalue weighted by molar-refractivity contribution is 0.516. The van der Waals surface area contributed by atoms with Crippen LogP contribution in [0.5, 0.6) is 0 Å². The molecule has 2 aromatic rings. The number of nitrogens with one attached hydrogen (secondary N) is 1. The maximum atomic E-state index is 4.35. The molecule has 0 aliphatic heterocycles. The Hall–Kier alpha value is -1.26. The maximum absolute atomic E-state index is 4.35. The predicted molar refractivity (Wildman–Crippen MR) is 71.0 cm³/mol. The van der Waals surface area contributed by atoms with Crippen molar-refractivity contribution in [1.82, 2.24) is 15.3 Å². The topological polar surface area (TPSA) is 37.8 Å². The molecule has 3 nitrogen and oxygen atoms in total. The summed E-state index contributed by atoms with van der Waals surface area (Å²) in [5.41, 5.74) is 2.27. The van der Waals surface area contributed by atoms with Crippen LogP contribution in [0.1, 0.15) is 35.7 Å². The van der Waals surface area contributed by atoms with E-state index in [9.17, 15) is 0 Å². The van der Waals surface area contributed by atoms with Gasteiger partial charge < -0.3 is 5.32 Å². The summed E-state index contributed by atoms with van der Waals surface area (Å²) >= 11 is 1.70. The van der Waals surface area contributed by atoms with Gasteiger partial charge in [-0.3, -0.25) is 4.98 Å². The molecule has 0 radical (unpaired) electrons. The number of thiazole rings is 1. The van der Waals surface area contributed by atoms with Crippen LogP contribution in [0.2, 0.25) is 0 Å².